The van der Waals surface area contributed by atoms with Crippen LogP contribution in [-0.2, 0) is 17.9 Å². The molecule has 26 heavy (non-hydrogen) atoms. The summed E-state index contributed by atoms with van der Waals surface area (Å²) in [5, 5.41) is 2.63. The van der Waals surface area contributed by atoms with Gasteiger partial charge in [0.1, 0.15) is 12.4 Å². The Kier molecular flexibility index (Phi) is 5.07. The van der Waals surface area contributed by atoms with Crippen molar-refractivity contribution in [3.8, 4) is 0 Å². The van der Waals surface area contributed by atoms with Gasteiger partial charge in [0.25, 0.3) is 5.56 Å². The Hall–Kier alpha value is -3.48. The van der Waals surface area contributed by atoms with Crippen LogP contribution in [0.2, 0.25) is 0 Å². The molecule has 1 heterocycles. The number of carbonyl (C=O) groups excluding carboxylic acids is 1. The molecule has 0 aliphatic rings. The number of benzene rings is 2. The van der Waals surface area contributed by atoms with Crippen molar-refractivity contribution in [2.45, 2.75) is 13.1 Å². The summed E-state index contributed by atoms with van der Waals surface area (Å²) >= 11 is 0. The molecule has 0 spiro atoms. The molecule has 3 aromatic rings. The predicted molar refractivity (Wildman–Crippen MR) is 95.5 cm³/mol. The van der Waals surface area contributed by atoms with E-state index in [9.17, 15) is 18.8 Å². The molecule has 6 nitrogen and oxygen atoms in total. The molecule has 1 amide bonds. The molecular formula is C19H16FN3O3. The van der Waals surface area contributed by atoms with Gasteiger partial charge in [-0.1, -0.05) is 30.3 Å². The average molecular weight is 353 g/mol. The van der Waals surface area contributed by atoms with Crippen molar-refractivity contribution in [3.63, 3.8) is 0 Å². The molecule has 0 aliphatic heterocycles. The van der Waals surface area contributed by atoms with Crippen LogP contribution in [0.4, 0.5) is 10.1 Å². The van der Waals surface area contributed by atoms with E-state index in [4.69, 9.17) is 0 Å². The number of aromatic nitrogens is 2. The van der Waals surface area contributed by atoms with E-state index in [1.165, 1.54) is 29.0 Å². The molecule has 1 N–H and O–H groups in total. The number of nitrogens with zero attached hydrogens (tertiary/aromatic N) is 2. The molecule has 0 saturated heterocycles. The first-order valence-corrected chi connectivity index (χ1v) is 7.92. The van der Waals surface area contributed by atoms with E-state index in [1.54, 1.807) is 36.4 Å². The number of hydrogen-bond donors (Lipinski definition) is 1. The standard InChI is InChI=1S/C19H16FN3O3/c20-15-8-6-14(7-9-15)12-22-11-10-18(25)23(19(22)26)13-17(24)21-16-4-2-1-3-5-16/h1-11H,12-13H2,(H,21,24). The fourth-order valence-electron chi connectivity index (χ4n) is 2.47. The molecule has 1 aromatic heterocycles. The first-order valence-electron chi connectivity index (χ1n) is 7.92. The van der Waals surface area contributed by atoms with Crippen LogP contribution < -0.4 is 16.6 Å². The molecule has 0 unspecified atom stereocenters. The Morgan fingerprint density at radius 3 is 2.35 bits per heavy atom. The van der Waals surface area contributed by atoms with E-state index >= 15 is 0 Å². The van der Waals surface area contributed by atoms with Crippen molar-refractivity contribution >= 4 is 11.6 Å². The van der Waals surface area contributed by atoms with Crippen molar-refractivity contribution in [3.05, 3.63) is 99.1 Å². The quantitative estimate of drug-likeness (QED) is 0.761. The van der Waals surface area contributed by atoms with E-state index in [0.29, 0.717) is 11.3 Å². The molecule has 0 aliphatic carbocycles. The Balaban J connectivity index is 1.81. The first-order chi connectivity index (χ1) is 12.5. The van der Waals surface area contributed by atoms with Gasteiger partial charge in [-0.25, -0.2) is 9.18 Å². The predicted octanol–water partition coefficient (Wildman–Crippen LogP) is 1.84. The van der Waals surface area contributed by atoms with Gasteiger partial charge in [-0.15, -0.1) is 0 Å². The maximum atomic E-state index is 13.0. The van der Waals surface area contributed by atoms with Crippen molar-refractivity contribution < 1.29 is 9.18 Å². The summed E-state index contributed by atoms with van der Waals surface area (Å²) in [5.74, 6) is -0.849. The second-order valence-electron chi connectivity index (χ2n) is 5.69. The normalized spacial score (nSPS) is 10.5. The molecule has 0 bridgehead atoms. The lowest BCUT2D eigenvalue weighted by Crippen LogP contribution is -2.41. The zero-order valence-corrected chi connectivity index (χ0v) is 13.8. The van der Waals surface area contributed by atoms with E-state index in [0.717, 1.165) is 4.57 Å². The van der Waals surface area contributed by atoms with Crippen LogP contribution in [0, 0.1) is 5.82 Å². The smallest absolute Gasteiger partial charge is 0.325 e. The van der Waals surface area contributed by atoms with Gasteiger partial charge in [-0.3, -0.25) is 18.7 Å². The molecule has 7 heteroatoms. The molecule has 0 radical (unpaired) electrons. The highest BCUT2D eigenvalue weighted by Crippen LogP contribution is 2.05. The van der Waals surface area contributed by atoms with Gasteiger partial charge in [0.2, 0.25) is 5.91 Å². The molecule has 0 fully saturated rings. The number of anilines is 1. The molecule has 132 valence electrons. The van der Waals surface area contributed by atoms with Crippen LogP contribution in [0.25, 0.3) is 0 Å². The number of nitrogens with one attached hydrogen (secondary N) is 1. The topological polar surface area (TPSA) is 73.1 Å². The van der Waals surface area contributed by atoms with Crippen molar-refractivity contribution in [2.75, 3.05) is 5.32 Å². The number of para-hydroxylation sites is 1. The summed E-state index contributed by atoms with van der Waals surface area (Å²) in [6, 6.07) is 15.7. The summed E-state index contributed by atoms with van der Waals surface area (Å²) in [4.78, 5) is 36.7. The van der Waals surface area contributed by atoms with E-state index < -0.39 is 23.7 Å². The van der Waals surface area contributed by atoms with Gasteiger partial charge in [-0.05, 0) is 29.8 Å². The molecule has 0 atom stereocenters. The zero-order valence-electron chi connectivity index (χ0n) is 13.8. The number of halogens is 1. The lowest BCUT2D eigenvalue weighted by Gasteiger charge is -2.10. The second-order valence-corrected chi connectivity index (χ2v) is 5.69. The summed E-state index contributed by atoms with van der Waals surface area (Å²) in [6.45, 7) is -0.226. The highest BCUT2D eigenvalue weighted by Gasteiger charge is 2.10. The highest BCUT2D eigenvalue weighted by molar-refractivity contribution is 5.90. The lowest BCUT2D eigenvalue weighted by molar-refractivity contribution is -0.116. The number of amides is 1. The van der Waals surface area contributed by atoms with Crippen molar-refractivity contribution in [1.82, 2.24) is 9.13 Å². The monoisotopic (exact) mass is 353 g/mol. The number of hydrogen-bond acceptors (Lipinski definition) is 3. The van der Waals surface area contributed by atoms with Crippen molar-refractivity contribution in [2.24, 2.45) is 0 Å². The van der Waals surface area contributed by atoms with Gasteiger partial charge < -0.3 is 5.32 Å². The Bertz CT molecular complexity index is 1020. The zero-order chi connectivity index (χ0) is 18.5. The van der Waals surface area contributed by atoms with Gasteiger partial charge in [0.15, 0.2) is 0 Å². The van der Waals surface area contributed by atoms with Gasteiger partial charge >= 0.3 is 5.69 Å². The third kappa shape index (κ3) is 4.13. The number of carbonyl (C=O) groups is 1. The number of rotatable bonds is 5. The average Bonchev–Trinajstić information content (AvgIpc) is 2.64. The van der Waals surface area contributed by atoms with Crippen LogP contribution in [0.1, 0.15) is 5.56 Å². The minimum atomic E-state index is -0.606. The summed E-state index contributed by atoms with van der Waals surface area (Å²) < 4.78 is 15.1. The molecule has 0 saturated carbocycles. The van der Waals surface area contributed by atoms with Crippen molar-refractivity contribution in [1.29, 1.82) is 0 Å². The van der Waals surface area contributed by atoms with Crippen LogP contribution in [0.3, 0.4) is 0 Å². The molecular weight excluding hydrogens is 337 g/mol. The lowest BCUT2D eigenvalue weighted by atomic mass is 10.2. The maximum absolute atomic E-state index is 13.0. The van der Waals surface area contributed by atoms with Gasteiger partial charge in [0, 0.05) is 18.0 Å². The fraction of sp³-hybridized carbons (Fsp3) is 0.105. The van der Waals surface area contributed by atoms with Gasteiger partial charge in [0.05, 0.1) is 6.54 Å². The minimum Gasteiger partial charge on any atom is -0.325 e. The van der Waals surface area contributed by atoms with E-state index in [2.05, 4.69) is 5.32 Å². The van der Waals surface area contributed by atoms with Gasteiger partial charge in [-0.2, -0.15) is 0 Å². The van der Waals surface area contributed by atoms with E-state index in [1.807, 2.05) is 6.07 Å². The van der Waals surface area contributed by atoms with E-state index in [-0.39, 0.29) is 12.4 Å². The Morgan fingerprint density at radius 2 is 1.65 bits per heavy atom. The largest absolute Gasteiger partial charge is 0.331 e. The van der Waals surface area contributed by atoms with Crippen LogP contribution >= 0.6 is 0 Å². The molecule has 2 aromatic carbocycles. The highest BCUT2D eigenvalue weighted by atomic mass is 19.1. The summed E-state index contributed by atoms with van der Waals surface area (Å²) in [5.41, 5.74) is 0.110. The van der Waals surface area contributed by atoms with Crippen LogP contribution in [0.5, 0.6) is 0 Å². The van der Waals surface area contributed by atoms with Crippen LogP contribution in [0.15, 0.2) is 76.4 Å². The third-order valence-electron chi connectivity index (χ3n) is 3.77. The maximum Gasteiger partial charge on any atom is 0.331 e. The molecule has 3 rings (SSSR count). The summed E-state index contributed by atoms with van der Waals surface area (Å²) in [6.07, 6.45) is 1.36. The Morgan fingerprint density at radius 1 is 0.962 bits per heavy atom. The Labute approximate surface area is 148 Å². The SMILES string of the molecule is O=C(Cn1c(=O)ccn(Cc2ccc(F)cc2)c1=O)Nc1ccccc1. The first kappa shape index (κ1) is 17.3. The van der Waals surface area contributed by atoms with Crippen LogP contribution in [-0.4, -0.2) is 15.0 Å². The second kappa shape index (κ2) is 7.60. The minimum absolute atomic E-state index is 0.166. The fourth-order valence-corrected chi connectivity index (χ4v) is 2.47. The third-order valence-corrected chi connectivity index (χ3v) is 3.77. The summed E-state index contributed by atoms with van der Waals surface area (Å²) in [7, 11) is 0.